The zero-order chi connectivity index (χ0) is 13.9. The first-order chi connectivity index (χ1) is 9.75. The van der Waals surface area contributed by atoms with Gasteiger partial charge in [0.15, 0.2) is 0 Å². The third-order valence-electron chi connectivity index (χ3n) is 3.20. The number of benzene rings is 2. The topological polar surface area (TPSA) is 17.8 Å². The summed E-state index contributed by atoms with van der Waals surface area (Å²) in [5.74, 6) is 0.760. The molecule has 0 saturated carbocycles. The van der Waals surface area contributed by atoms with E-state index in [-0.39, 0.29) is 0 Å². The van der Waals surface area contributed by atoms with Gasteiger partial charge in [-0.25, -0.2) is 9.37 Å². The van der Waals surface area contributed by atoms with Gasteiger partial charge in [0.2, 0.25) is 0 Å². The third-order valence-corrected chi connectivity index (χ3v) is 3.20. The van der Waals surface area contributed by atoms with Crippen molar-refractivity contribution in [2.24, 2.45) is 0 Å². The summed E-state index contributed by atoms with van der Waals surface area (Å²) in [6.07, 6.45) is 0.685. The highest BCUT2D eigenvalue weighted by Crippen LogP contribution is 2.26. The molecule has 0 N–H and O–H groups in total. The molecule has 100 valence electrons. The summed E-state index contributed by atoms with van der Waals surface area (Å²) >= 11 is 0. The lowest BCUT2D eigenvalue weighted by molar-refractivity contribution is 0.367. The Morgan fingerprint density at radius 1 is 0.950 bits per heavy atom. The van der Waals surface area contributed by atoms with Crippen molar-refractivity contribution in [2.75, 3.05) is 0 Å². The van der Waals surface area contributed by atoms with Crippen LogP contribution in [0.4, 0.5) is 4.39 Å². The second-order valence-electron chi connectivity index (χ2n) is 4.68. The monoisotopic (exact) mass is 266 g/mol. The van der Waals surface area contributed by atoms with Gasteiger partial charge in [0.1, 0.15) is 12.0 Å². The summed E-state index contributed by atoms with van der Waals surface area (Å²) in [7, 11) is 0. The van der Waals surface area contributed by atoms with Crippen LogP contribution in [0.3, 0.4) is 0 Å². The summed E-state index contributed by atoms with van der Waals surface area (Å²) in [4.78, 5) is 4.44. The highest BCUT2D eigenvalue weighted by atomic mass is 19.1. The van der Waals surface area contributed by atoms with Crippen LogP contribution in [0.2, 0.25) is 0 Å². The second kappa shape index (κ2) is 5.29. The number of hydrogen-bond donors (Lipinski definition) is 0. The number of para-hydroxylation sites is 1. The predicted octanol–water partition coefficient (Wildman–Crippen LogP) is 4.57. The van der Waals surface area contributed by atoms with Crippen LogP contribution in [-0.4, -0.2) is 9.55 Å². The molecule has 20 heavy (non-hydrogen) atoms. The summed E-state index contributed by atoms with van der Waals surface area (Å²) in [5, 5.41) is 0. The number of rotatable bonds is 3. The molecule has 0 bridgehead atoms. The Balaban J connectivity index is 2.18. The van der Waals surface area contributed by atoms with E-state index in [9.17, 15) is 4.39 Å². The molecule has 1 atom stereocenters. The van der Waals surface area contributed by atoms with Crippen molar-refractivity contribution in [1.82, 2.24) is 9.55 Å². The van der Waals surface area contributed by atoms with Crippen molar-refractivity contribution in [3.05, 3.63) is 72.6 Å². The van der Waals surface area contributed by atoms with Crippen molar-refractivity contribution in [2.45, 2.75) is 13.1 Å². The van der Waals surface area contributed by atoms with Crippen LogP contribution in [0, 0.1) is 0 Å². The lowest BCUT2D eigenvalue weighted by atomic mass is 10.2. The van der Waals surface area contributed by atoms with Crippen molar-refractivity contribution in [3.8, 4) is 17.1 Å². The first-order valence-corrected chi connectivity index (χ1v) is 6.60. The molecule has 1 heterocycles. The molecule has 3 rings (SSSR count). The number of aromatic nitrogens is 2. The summed E-state index contributed by atoms with van der Waals surface area (Å²) in [5.41, 5.74) is 2.40. The largest absolute Gasteiger partial charge is 0.299 e. The van der Waals surface area contributed by atoms with Crippen molar-refractivity contribution < 1.29 is 4.39 Å². The smallest absolute Gasteiger partial charge is 0.144 e. The van der Waals surface area contributed by atoms with Gasteiger partial charge in [0.25, 0.3) is 0 Å². The van der Waals surface area contributed by atoms with Crippen LogP contribution in [0.5, 0.6) is 0 Å². The number of hydrogen-bond acceptors (Lipinski definition) is 1. The van der Waals surface area contributed by atoms with Crippen LogP contribution in [0.1, 0.15) is 18.8 Å². The highest BCUT2D eigenvalue weighted by Gasteiger charge is 2.14. The zero-order valence-corrected chi connectivity index (χ0v) is 11.2. The third kappa shape index (κ3) is 2.35. The summed E-state index contributed by atoms with van der Waals surface area (Å²) in [6.45, 7) is 1.51. The zero-order valence-electron chi connectivity index (χ0n) is 11.2. The highest BCUT2D eigenvalue weighted by molar-refractivity contribution is 5.59. The van der Waals surface area contributed by atoms with E-state index in [0.29, 0.717) is 5.69 Å². The molecule has 0 radical (unpaired) electrons. The van der Waals surface area contributed by atoms with Crippen LogP contribution >= 0.6 is 0 Å². The maximum atomic E-state index is 13.6. The molecule has 3 heteroatoms. The first kappa shape index (κ1) is 12.6. The normalized spacial score (nSPS) is 12.3. The fraction of sp³-hybridized carbons (Fsp3) is 0.118. The van der Waals surface area contributed by atoms with Gasteiger partial charge < -0.3 is 0 Å². The second-order valence-corrected chi connectivity index (χ2v) is 4.68. The van der Waals surface area contributed by atoms with Crippen LogP contribution in [0.15, 0.2) is 66.9 Å². The minimum Gasteiger partial charge on any atom is -0.299 e. The summed E-state index contributed by atoms with van der Waals surface area (Å²) < 4.78 is 15.5. The minimum absolute atomic E-state index is 0.452. The Bertz CT molecular complexity index is 631. The molecule has 0 spiro atoms. The van der Waals surface area contributed by atoms with Crippen molar-refractivity contribution in [1.29, 1.82) is 0 Å². The van der Waals surface area contributed by atoms with Crippen LogP contribution in [0.25, 0.3) is 17.1 Å². The minimum atomic E-state index is -1.08. The number of imidazole rings is 1. The molecule has 0 fully saturated rings. The maximum absolute atomic E-state index is 13.6. The molecule has 0 aliphatic carbocycles. The standard InChI is InChI=1S/C17H15FN2/c1-13(18)16-12-20(15-10-6-3-7-11-15)17(19-16)14-8-4-2-5-9-14/h2-13H,1H3. The SMILES string of the molecule is CC(F)c1cn(-c2ccccc2)c(-c2ccccc2)n1. The Kier molecular flexibility index (Phi) is 3.33. The van der Waals surface area contributed by atoms with Crippen LogP contribution < -0.4 is 0 Å². The first-order valence-electron chi connectivity index (χ1n) is 6.60. The van der Waals surface area contributed by atoms with E-state index < -0.39 is 6.17 Å². The van der Waals surface area contributed by atoms with E-state index in [2.05, 4.69) is 4.98 Å². The number of alkyl halides is 1. The fourth-order valence-corrected chi connectivity index (χ4v) is 2.17. The molecule has 1 unspecified atom stereocenters. The Labute approximate surface area is 117 Å². The molecule has 3 aromatic rings. The maximum Gasteiger partial charge on any atom is 0.144 e. The van der Waals surface area contributed by atoms with Gasteiger partial charge in [0.05, 0.1) is 5.69 Å². The number of halogens is 1. The molecule has 2 nitrogen and oxygen atoms in total. The van der Waals surface area contributed by atoms with E-state index in [0.717, 1.165) is 17.1 Å². The fourth-order valence-electron chi connectivity index (χ4n) is 2.17. The lowest BCUT2D eigenvalue weighted by Crippen LogP contribution is -1.95. The van der Waals surface area contributed by atoms with Gasteiger partial charge in [0, 0.05) is 17.4 Å². The molecule has 0 saturated heterocycles. The van der Waals surface area contributed by atoms with E-state index >= 15 is 0 Å². The Morgan fingerprint density at radius 2 is 1.55 bits per heavy atom. The van der Waals surface area contributed by atoms with E-state index in [4.69, 9.17) is 0 Å². The average Bonchev–Trinajstić information content (AvgIpc) is 2.94. The predicted molar refractivity (Wildman–Crippen MR) is 78.5 cm³/mol. The average molecular weight is 266 g/mol. The van der Waals surface area contributed by atoms with E-state index in [1.54, 1.807) is 6.20 Å². The van der Waals surface area contributed by atoms with Gasteiger partial charge in [-0.3, -0.25) is 4.57 Å². The Morgan fingerprint density at radius 3 is 2.15 bits per heavy atom. The molecular formula is C17H15FN2. The van der Waals surface area contributed by atoms with Crippen molar-refractivity contribution >= 4 is 0 Å². The molecule has 0 aliphatic heterocycles. The molecule has 2 aromatic carbocycles. The van der Waals surface area contributed by atoms with Gasteiger partial charge in [-0.1, -0.05) is 48.5 Å². The molecule has 0 aliphatic rings. The Hall–Kier alpha value is -2.42. The van der Waals surface area contributed by atoms with Gasteiger partial charge in [-0.2, -0.15) is 0 Å². The van der Waals surface area contributed by atoms with Crippen LogP contribution in [-0.2, 0) is 0 Å². The van der Waals surface area contributed by atoms with E-state index in [1.165, 1.54) is 6.92 Å². The molecule has 1 aromatic heterocycles. The van der Waals surface area contributed by atoms with Gasteiger partial charge >= 0.3 is 0 Å². The quantitative estimate of drug-likeness (QED) is 0.679. The van der Waals surface area contributed by atoms with Gasteiger partial charge in [-0.05, 0) is 19.1 Å². The lowest BCUT2D eigenvalue weighted by Gasteiger charge is -2.07. The van der Waals surface area contributed by atoms with Gasteiger partial charge in [-0.15, -0.1) is 0 Å². The van der Waals surface area contributed by atoms with E-state index in [1.807, 2.05) is 65.2 Å². The molecule has 0 amide bonds. The number of nitrogens with zero attached hydrogens (tertiary/aromatic N) is 2. The van der Waals surface area contributed by atoms with Crippen molar-refractivity contribution in [3.63, 3.8) is 0 Å². The summed E-state index contributed by atoms with van der Waals surface area (Å²) in [6, 6.07) is 19.7. The molecular weight excluding hydrogens is 251 g/mol.